The van der Waals surface area contributed by atoms with Crippen molar-refractivity contribution in [1.82, 2.24) is 0 Å². The minimum Gasteiger partial charge on any atom is -0.457 e. The van der Waals surface area contributed by atoms with Gasteiger partial charge in [-0.15, -0.1) is 0 Å². The smallest absolute Gasteiger partial charge is 0.390 e. The molecule has 0 amide bonds. The molecule has 0 saturated carbocycles. The van der Waals surface area contributed by atoms with Crippen LogP contribution in [-0.2, 0) is 0 Å². The summed E-state index contributed by atoms with van der Waals surface area (Å²) in [5.74, 6) is 1.35. The van der Waals surface area contributed by atoms with Crippen LogP contribution in [0, 0.1) is 0 Å². The highest BCUT2D eigenvalue weighted by Gasteiger charge is 2.25. The van der Waals surface area contributed by atoms with E-state index in [-0.39, 0.29) is 6.54 Å². The molecule has 0 heterocycles. The highest BCUT2D eigenvalue weighted by atomic mass is 19.4. The molecule has 2 aromatic carbocycles. The topological polar surface area (TPSA) is 21.3 Å². The van der Waals surface area contributed by atoms with Gasteiger partial charge >= 0.3 is 6.18 Å². The van der Waals surface area contributed by atoms with Crippen molar-refractivity contribution in [1.29, 1.82) is 0 Å². The molecular weight excluding hydrogens is 267 g/mol. The van der Waals surface area contributed by atoms with E-state index in [0.717, 1.165) is 0 Å². The normalized spacial score (nSPS) is 11.2. The van der Waals surface area contributed by atoms with Crippen LogP contribution in [0.15, 0.2) is 54.6 Å². The van der Waals surface area contributed by atoms with Crippen LogP contribution in [0.25, 0.3) is 0 Å². The van der Waals surface area contributed by atoms with Crippen LogP contribution in [0.1, 0.15) is 6.42 Å². The number of hydrogen-bond acceptors (Lipinski definition) is 2. The van der Waals surface area contributed by atoms with E-state index in [4.69, 9.17) is 4.74 Å². The van der Waals surface area contributed by atoms with E-state index in [1.165, 1.54) is 0 Å². The van der Waals surface area contributed by atoms with E-state index in [2.05, 4.69) is 5.32 Å². The monoisotopic (exact) mass is 281 g/mol. The van der Waals surface area contributed by atoms with Gasteiger partial charge in [0.2, 0.25) is 0 Å². The van der Waals surface area contributed by atoms with Crippen LogP contribution in [0.3, 0.4) is 0 Å². The maximum Gasteiger partial charge on any atom is 0.390 e. The van der Waals surface area contributed by atoms with Crippen molar-refractivity contribution in [2.45, 2.75) is 12.6 Å². The number of benzene rings is 2. The minimum absolute atomic E-state index is 0.137. The molecule has 0 saturated heterocycles. The van der Waals surface area contributed by atoms with Gasteiger partial charge in [-0.3, -0.25) is 0 Å². The molecule has 2 nitrogen and oxygen atoms in total. The van der Waals surface area contributed by atoms with Gasteiger partial charge in [-0.1, -0.05) is 18.2 Å². The van der Waals surface area contributed by atoms with E-state index < -0.39 is 12.6 Å². The molecule has 106 valence electrons. The van der Waals surface area contributed by atoms with Crippen molar-refractivity contribution in [2.75, 3.05) is 11.9 Å². The van der Waals surface area contributed by atoms with Crippen molar-refractivity contribution in [3.63, 3.8) is 0 Å². The van der Waals surface area contributed by atoms with Crippen molar-refractivity contribution in [2.24, 2.45) is 0 Å². The summed E-state index contributed by atoms with van der Waals surface area (Å²) in [6.45, 7) is -0.137. The maximum atomic E-state index is 12.0. The van der Waals surface area contributed by atoms with E-state index in [9.17, 15) is 13.2 Å². The van der Waals surface area contributed by atoms with Gasteiger partial charge in [0, 0.05) is 12.2 Å². The Morgan fingerprint density at radius 2 is 1.45 bits per heavy atom. The van der Waals surface area contributed by atoms with Crippen LogP contribution in [0.5, 0.6) is 11.5 Å². The van der Waals surface area contributed by atoms with E-state index in [1.54, 1.807) is 24.3 Å². The van der Waals surface area contributed by atoms with E-state index in [0.29, 0.717) is 17.2 Å². The molecule has 2 aromatic rings. The summed E-state index contributed by atoms with van der Waals surface area (Å²) in [6, 6.07) is 16.1. The Labute approximate surface area is 115 Å². The SMILES string of the molecule is FC(F)(F)CCNc1ccc(Oc2ccccc2)cc1. The zero-order valence-electron chi connectivity index (χ0n) is 10.7. The number of anilines is 1. The fourth-order valence-corrected chi connectivity index (χ4v) is 1.61. The largest absolute Gasteiger partial charge is 0.457 e. The van der Waals surface area contributed by atoms with Gasteiger partial charge in [-0.25, -0.2) is 0 Å². The molecule has 0 atom stereocenters. The van der Waals surface area contributed by atoms with Crippen LogP contribution >= 0.6 is 0 Å². The molecule has 0 aliphatic carbocycles. The van der Waals surface area contributed by atoms with Gasteiger partial charge in [0.05, 0.1) is 6.42 Å². The molecule has 0 spiro atoms. The molecule has 0 aliphatic heterocycles. The summed E-state index contributed by atoms with van der Waals surface area (Å²) < 4.78 is 41.6. The van der Waals surface area contributed by atoms with Crippen LogP contribution in [-0.4, -0.2) is 12.7 Å². The summed E-state index contributed by atoms with van der Waals surface area (Å²) in [5, 5.41) is 2.72. The molecule has 0 unspecified atom stereocenters. The van der Waals surface area contributed by atoms with E-state index >= 15 is 0 Å². The third-order valence-corrected chi connectivity index (χ3v) is 2.57. The highest BCUT2D eigenvalue weighted by molar-refractivity contribution is 5.47. The summed E-state index contributed by atoms with van der Waals surface area (Å²) in [5.41, 5.74) is 0.634. The standard InChI is InChI=1S/C15H14F3NO/c16-15(17,18)10-11-19-12-6-8-14(9-7-12)20-13-4-2-1-3-5-13/h1-9,19H,10-11H2. The summed E-state index contributed by atoms with van der Waals surface area (Å²) in [6.07, 6.45) is -4.99. The predicted molar refractivity (Wildman–Crippen MR) is 72.1 cm³/mol. The lowest BCUT2D eigenvalue weighted by molar-refractivity contribution is -0.131. The third kappa shape index (κ3) is 4.84. The quantitative estimate of drug-likeness (QED) is 0.846. The van der Waals surface area contributed by atoms with Crippen LogP contribution in [0.2, 0.25) is 0 Å². The number of alkyl halides is 3. The Morgan fingerprint density at radius 1 is 0.850 bits per heavy atom. The second-order valence-electron chi connectivity index (χ2n) is 4.23. The van der Waals surface area contributed by atoms with Gasteiger partial charge in [0.15, 0.2) is 0 Å². The second-order valence-corrected chi connectivity index (χ2v) is 4.23. The zero-order valence-corrected chi connectivity index (χ0v) is 10.7. The third-order valence-electron chi connectivity index (χ3n) is 2.57. The molecule has 0 aliphatic rings. The highest BCUT2D eigenvalue weighted by Crippen LogP contribution is 2.23. The maximum absolute atomic E-state index is 12.0. The first kappa shape index (κ1) is 14.2. The first-order chi connectivity index (χ1) is 9.53. The summed E-state index contributed by atoms with van der Waals surface area (Å²) in [4.78, 5) is 0. The fraction of sp³-hybridized carbons (Fsp3) is 0.200. The summed E-state index contributed by atoms with van der Waals surface area (Å²) >= 11 is 0. The first-order valence-corrected chi connectivity index (χ1v) is 6.16. The molecule has 0 radical (unpaired) electrons. The van der Waals surface area contributed by atoms with Gasteiger partial charge in [0.1, 0.15) is 11.5 Å². The number of nitrogens with one attached hydrogen (secondary N) is 1. The molecule has 0 aromatic heterocycles. The average Bonchev–Trinajstić information content (AvgIpc) is 2.41. The lowest BCUT2D eigenvalue weighted by Gasteiger charge is -2.10. The van der Waals surface area contributed by atoms with Crippen LogP contribution < -0.4 is 10.1 Å². The lowest BCUT2D eigenvalue weighted by atomic mass is 10.3. The number of halogens is 3. The van der Waals surface area contributed by atoms with Crippen molar-refractivity contribution < 1.29 is 17.9 Å². The molecule has 0 fully saturated rings. The molecular formula is C15H14F3NO. The zero-order chi connectivity index (χ0) is 14.4. The van der Waals surface area contributed by atoms with Crippen molar-refractivity contribution >= 4 is 5.69 Å². The Hall–Kier alpha value is -2.17. The average molecular weight is 281 g/mol. The second kappa shape index (κ2) is 6.32. The molecule has 0 bridgehead atoms. The van der Waals surface area contributed by atoms with Gasteiger partial charge in [0.25, 0.3) is 0 Å². The Morgan fingerprint density at radius 3 is 2.05 bits per heavy atom. The van der Waals surface area contributed by atoms with Gasteiger partial charge < -0.3 is 10.1 Å². The van der Waals surface area contributed by atoms with Crippen molar-refractivity contribution in [3.05, 3.63) is 54.6 Å². The molecule has 5 heteroatoms. The van der Waals surface area contributed by atoms with E-state index in [1.807, 2.05) is 30.3 Å². The lowest BCUT2D eigenvalue weighted by Crippen LogP contribution is -2.14. The predicted octanol–water partition coefficient (Wildman–Crippen LogP) is 4.84. The molecule has 2 rings (SSSR count). The first-order valence-electron chi connectivity index (χ1n) is 6.16. The number of rotatable bonds is 5. The Bertz CT molecular complexity index is 523. The number of para-hydroxylation sites is 1. The Balaban J connectivity index is 1.87. The molecule has 20 heavy (non-hydrogen) atoms. The fourth-order valence-electron chi connectivity index (χ4n) is 1.61. The van der Waals surface area contributed by atoms with Crippen molar-refractivity contribution in [3.8, 4) is 11.5 Å². The van der Waals surface area contributed by atoms with Gasteiger partial charge in [-0.2, -0.15) is 13.2 Å². The minimum atomic E-state index is -4.14. The Kier molecular flexibility index (Phi) is 4.50. The number of ether oxygens (including phenoxy) is 1. The molecule has 1 N–H and O–H groups in total. The number of hydrogen-bond donors (Lipinski definition) is 1. The van der Waals surface area contributed by atoms with Crippen LogP contribution in [0.4, 0.5) is 18.9 Å². The summed E-state index contributed by atoms with van der Waals surface area (Å²) in [7, 11) is 0. The van der Waals surface area contributed by atoms with Gasteiger partial charge in [-0.05, 0) is 36.4 Å².